The maximum absolute atomic E-state index is 11.2. The van der Waals surface area contributed by atoms with Gasteiger partial charge in [-0.1, -0.05) is 24.3 Å². The Kier molecular flexibility index (Phi) is 4.45. The van der Waals surface area contributed by atoms with Crippen LogP contribution in [0.1, 0.15) is 17.2 Å². The van der Waals surface area contributed by atoms with E-state index in [1.165, 1.54) is 0 Å². The summed E-state index contributed by atoms with van der Waals surface area (Å²) in [7, 11) is 0. The minimum Gasteiger partial charge on any atom is -0.479 e. The fourth-order valence-electron chi connectivity index (χ4n) is 2.08. The monoisotopic (exact) mass is 289 g/mol. The Morgan fingerprint density at radius 3 is 2.72 bits per heavy atom. The summed E-state index contributed by atoms with van der Waals surface area (Å²) in [4.78, 5) is 11.2. The average Bonchev–Trinajstić information content (AvgIpc) is 2.83. The summed E-state index contributed by atoms with van der Waals surface area (Å²) < 4.78 is 5.35. The van der Waals surface area contributed by atoms with Gasteiger partial charge in [-0.25, -0.2) is 4.79 Å². The van der Waals surface area contributed by atoms with Crippen molar-refractivity contribution in [3.05, 3.63) is 35.4 Å². The number of hydrogen-bond acceptors (Lipinski definition) is 3. The molecule has 0 bridgehead atoms. The topological polar surface area (TPSA) is 58.6 Å². The average molecular weight is 290 g/mol. The maximum Gasteiger partial charge on any atom is 0.334 e. The van der Waals surface area contributed by atoms with Gasteiger partial charge in [-0.05, 0) is 11.1 Å². The number of carboxylic acid groups (broad SMARTS) is 1. The molecule has 1 aliphatic heterocycles. The van der Waals surface area contributed by atoms with Crippen LogP contribution in [-0.2, 0) is 15.4 Å². The summed E-state index contributed by atoms with van der Waals surface area (Å²) >= 11 is 11.6. The summed E-state index contributed by atoms with van der Waals surface area (Å²) in [6.45, 7) is 0. The van der Waals surface area contributed by atoms with Gasteiger partial charge in [0.1, 0.15) is 6.23 Å². The summed E-state index contributed by atoms with van der Waals surface area (Å²) in [6.07, 6.45) is -1.40. The molecule has 4 nitrogen and oxygen atoms in total. The Morgan fingerprint density at radius 2 is 2.11 bits per heavy atom. The van der Waals surface area contributed by atoms with Gasteiger partial charge in [-0.15, -0.1) is 23.2 Å². The van der Waals surface area contributed by atoms with Gasteiger partial charge in [0, 0.05) is 5.88 Å². The van der Waals surface area contributed by atoms with Crippen LogP contribution in [0.25, 0.3) is 0 Å². The van der Waals surface area contributed by atoms with Crippen LogP contribution in [0.2, 0.25) is 0 Å². The highest BCUT2D eigenvalue weighted by Gasteiger charge is 2.40. The first kappa shape index (κ1) is 13.6. The molecule has 3 unspecified atom stereocenters. The van der Waals surface area contributed by atoms with Crippen LogP contribution in [-0.4, -0.2) is 29.3 Å². The predicted octanol–water partition coefficient (Wildman–Crippen LogP) is 2.10. The summed E-state index contributed by atoms with van der Waals surface area (Å²) in [5, 5.41) is 12.3. The van der Waals surface area contributed by atoms with Crippen LogP contribution in [0.5, 0.6) is 0 Å². The number of ether oxygens (including phenoxy) is 1. The number of alkyl halides is 2. The van der Waals surface area contributed by atoms with Crippen molar-refractivity contribution in [1.82, 2.24) is 5.32 Å². The van der Waals surface area contributed by atoms with Crippen molar-refractivity contribution in [2.75, 3.05) is 5.88 Å². The van der Waals surface area contributed by atoms with Gasteiger partial charge in [-0.3, -0.25) is 5.32 Å². The van der Waals surface area contributed by atoms with Crippen LogP contribution in [0, 0.1) is 0 Å². The van der Waals surface area contributed by atoms with E-state index in [-0.39, 0.29) is 5.88 Å². The highest BCUT2D eigenvalue weighted by atomic mass is 35.5. The van der Waals surface area contributed by atoms with Crippen molar-refractivity contribution in [3.8, 4) is 0 Å². The Hall–Kier alpha value is -0.810. The number of aliphatic carboxylic acids is 1. The molecule has 3 atom stereocenters. The predicted molar refractivity (Wildman–Crippen MR) is 68.9 cm³/mol. The zero-order valence-corrected chi connectivity index (χ0v) is 11.0. The Labute approximate surface area is 115 Å². The molecule has 0 amide bonds. The first-order chi connectivity index (χ1) is 8.67. The standard InChI is InChI=1S/C12H13Cl2NO3/c13-5-7-3-1-2-4-8(7)10-11(12(16)17)18-9(6-14)15-10/h1-4,9-11,15H,5-6H2,(H,16,17). The second kappa shape index (κ2) is 5.89. The number of carbonyl (C=O) groups is 1. The van der Waals surface area contributed by atoms with E-state index in [1.807, 2.05) is 24.3 Å². The summed E-state index contributed by atoms with van der Waals surface area (Å²) in [5.74, 6) is -0.486. The number of halogens is 2. The SMILES string of the molecule is O=C(O)C1OC(CCl)NC1c1ccccc1CCl. The van der Waals surface area contributed by atoms with Gasteiger partial charge in [-0.2, -0.15) is 0 Å². The van der Waals surface area contributed by atoms with Crippen LogP contribution in [0.4, 0.5) is 0 Å². The molecule has 0 aromatic heterocycles. The van der Waals surface area contributed by atoms with Crippen molar-refractivity contribution in [1.29, 1.82) is 0 Å². The van der Waals surface area contributed by atoms with Gasteiger partial charge in [0.25, 0.3) is 0 Å². The van der Waals surface area contributed by atoms with E-state index in [9.17, 15) is 9.90 Å². The molecule has 1 saturated heterocycles. The van der Waals surface area contributed by atoms with Crippen LogP contribution < -0.4 is 5.32 Å². The summed E-state index contributed by atoms with van der Waals surface area (Å²) in [6, 6.07) is 7.01. The van der Waals surface area contributed by atoms with Gasteiger partial charge in [0.2, 0.25) is 0 Å². The van der Waals surface area contributed by atoms with Crippen molar-refractivity contribution < 1.29 is 14.6 Å². The normalized spacial score (nSPS) is 27.3. The van der Waals surface area contributed by atoms with E-state index >= 15 is 0 Å². The van der Waals surface area contributed by atoms with Crippen molar-refractivity contribution >= 4 is 29.2 Å². The largest absolute Gasteiger partial charge is 0.479 e. The molecule has 0 spiro atoms. The molecule has 0 saturated carbocycles. The highest BCUT2D eigenvalue weighted by molar-refractivity contribution is 6.18. The molecular formula is C12H13Cl2NO3. The van der Waals surface area contributed by atoms with E-state index in [4.69, 9.17) is 27.9 Å². The molecule has 0 radical (unpaired) electrons. The molecule has 1 fully saturated rings. The lowest BCUT2D eigenvalue weighted by Crippen LogP contribution is -2.30. The molecule has 6 heteroatoms. The second-order valence-electron chi connectivity index (χ2n) is 4.01. The quantitative estimate of drug-likeness (QED) is 0.834. The number of carboxylic acids is 1. The van der Waals surface area contributed by atoms with Crippen LogP contribution >= 0.6 is 23.2 Å². The minimum atomic E-state index is -1.01. The molecular weight excluding hydrogens is 277 g/mol. The zero-order chi connectivity index (χ0) is 13.1. The van der Waals surface area contributed by atoms with E-state index < -0.39 is 24.3 Å². The molecule has 2 rings (SSSR count). The molecule has 1 aromatic rings. The van der Waals surface area contributed by atoms with Crippen LogP contribution in [0.15, 0.2) is 24.3 Å². The fourth-order valence-corrected chi connectivity index (χ4v) is 2.48. The minimum absolute atomic E-state index is 0.198. The van der Waals surface area contributed by atoms with E-state index in [0.717, 1.165) is 11.1 Å². The number of hydrogen-bond donors (Lipinski definition) is 2. The van der Waals surface area contributed by atoms with E-state index in [1.54, 1.807) is 0 Å². The third-order valence-corrected chi connectivity index (χ3v) is 3.46. The van der Waals surface area contributed by atoms with Gasteiger partial charge < -0.3 is 9.84 Å². The molecule has 18 heavy (non-hydrogen) atoms. The maximum atomic E-state index is 11.2. The third-order valence-electron chi connectivity index (χ3n) is 2.90. The lowest BCUT2D eigenvalue weighted by atomic mass is 9.97. The Bertz CT molecular complexity index is 441. The molecule has 2 N–H and O–H groups in total. The fraction of sp³-hybridized carbons (Fsp3) is 0.417. The zero-order valence-electron chi connectivity index (χ0n) is 9.48. The number of nitrogens with one attached hydrogen (secondary N) is 1. The lowest BCUT2D eigenvalue weighted by molar-refractivity contribution is -0.149. The van der Waals surface area contributed by atoms with Crippen molar-refractivity contribution in [3.63, 3.8) is 0 Å². The molecule has 1 aliphatic rings. The van der Waals surface area contributed by atoms with Crippen molar-refractivity contribution in [2.45, 2.75) is 24.3 Å². The third kappa shape index (κ3) is 2.62. The molecule has 98 valence electrons. The second-order valence-corrected chi connectivity index (χ2v) is 4.59. The first-order valence-corrected chi connectivity index (χ1v) is 6.58. The number of rotatable bonds is 4. The summed E-state index contributed by atoms with van der Waals surface area (Å²) in [5.41, 5.74) is 1.73. The van der Waals surface area contributed by atoms with Crippen LogP contribution in [0.3, 0.4) is 0 Å². The van der Waals surface area contributed by atoms with Crippen molar-refractivity contribution in [2.24, 2.45) is 0 Å². The number of benzene rings is 1. The highest BCUT2D eigenvalue weighted by Crippen LogP contribution is 2.30. The van der Waals surface area contributed by atoms with E-state index in [2.05, 4.69) is 5.32 Å². The smallest absolute Gasteiger partial charge is 0.334 e. The van der Waals surface area contributed by atoms with E-state index in [0.29, 0.717) is 5.88 Å². The lowest BCUT2D eigenvalue weighted by Gasteiger charge is -2.17. The Balaban J connectivity index is 2.32. The van der Waals surface area contributed by atoms with Gasteiger partial charge >= 0.3 is 5.97 Å². The Morgan fingerprint density at radius 1 is 1.39 bits per heavy atom. The van der Waals surface area contributed by atoms with Gasteiger partial charge in [0.05, 0.1) is 11.9 Å². The molecule has 1 aromatic carbocycles. The molecule has 0 aliphatic carbocycles. The first-order valence-electron chi connectivity index (χ1n) is 5.51. The molecule has 1 heterocycles. The van der Waals surface area contributed by atoms with Gasteiger partial charge in [0.15, 0.2) is 6.10 Å².